The number of piperidine rings is 1. The van der Waals surface area contributed by atoms with E-state index in [-0.39, 0.29) is 42.3 Å². The fourth-order valence-electron chi connectivity index (χ4n) is 6.95. The first-order valence-electron chi connectivity index (χ1n) is 15.4. The number of amides is 3. The minimum atomic E-state index is -4.53. The summed E-state index contributed by atoms with van der Waals surface area (Å²) in [5.74, 6) is -0.350. The Morgan fingerprint density at radius 2 is 1.82 bits per heavy atom. The Bertz CT molecular complexity index is 1670. The number of benzene rings is 2. The molecule has 4 aliphatic rings. The minimum Gasteiger partial charge on any atom is -0.489 e. The molecule has 7 rings (SSSR count). The Morgan fingerprint density at radius 3 is 2.60 bits per heavy atom. The number of nitrogens with zero attached hydrogens (tertiary/aromatic N) is 3. The summed E-state index contributed by atoms with van der Waals surface area (Å²) >= 11 is 0. The Hall–Kier alpha value is -4.03. The molecule has 2 atom stereocenters. The summed E-state index contributed by atoms with van der Waals surface area (Å²) in [5, 5.41) is 2.78. The van der Waals surface area contributed by atoms with Crippen molar-refractivity contribution < 1.29 is 37.0 Å². The lowest BCUT2D eigenvalue weighted by molar-refractivity contribution is -0.137. The molecule has 12 heteroatoms. The van der Waals surface area contributed by atoms with E-state index >= 15 is 0 Å². The van der Waals surface area contributed by atoms with Crippen LogP contribution in [0.5, 0.6) is 5.75 Å². The van der Waals surface area contributed by atoms with Crippen LogP contribution >= 0.6 is 0 Å². The molecule has 3 fully saturated rings. The fraction of sp³-hybridized carbons (Fsp3) is 0.455. The predicted molar refractivity (Wildman–Crippen MR) is 156 cm³/mol. The molecule has 2 aromatic carbocycles. The van der Waals surface area contributed by atoms with E-state index < -0.39 is 23.7 Å². The van der Waals surface area contributed by atoms with E-state index in [4.69, 9.17) is 9.47 Å². The monoisotopic (exact) mass is 622 g/mol. The molecule has 0 saturated carbocycles. The third-order valence-corrected chi connectivity index (χ3v) is 9.25. The van der Waals surface area contributed by atoms with Gasteiger partial charge in [0.05, 0.1) is 11.1 Å². The van der Waals surface area contributed by atoms with E-state index in [2.05, 4.69) is 15.2 Å². The van der Waals surface area contributed by atoms with Gasteiger partial charge in [-0.2, -0.15) is 13.2 Å². The van der Waals surface area contributed by atoms with Gasteiger partial charge in [0.1, 0.15) is 17.9 Å². The number of fused-ring (bicyclic) bond motifs is 2. The van der Waals surface area contributed by atoms with Gasteiger partial charge in [-0.25, -0.2) is 0 Å². The van der Waals surface area contributed by atoms with Crippen LogP contribution in [0.25, 0.3) is 10.9 Å². The van der Waals surface area contributed by atoms with Crippen LogP contribution in [-0.2, 0) is 33.6 Å². The van der Waals surface area contributed by atoms with Crippen molar-refractivity contribution in [1.82, 2.24) is 20.1 Å². The molecule has 1 aromatic heterocycles. The molecule has 0 unspecified atom stereocenters. The number of halogens is 3. The molecule has 5 heterocycles. The highest BCUT2D eigenvalue weighted by atomic mass is 19.4. The van der Waals surface area contributed by atoms with Crippen LogP contribution in [0.4, 0.5) is 13.2 Å². The first kappa shape index (κ1) is 29.7. The molecule has 0 spiro atoms. The minimum absolute atomic E-state index is 0.0101. The molecule has 1 N–H and O–H groups in total. The summed E-state index contributed by atoms with van der Waals surface area (Å²) in [6.45, 7) is 2.98. The summed E-state index contributed by atoms with van der Waals surface area (Å²) in [4.78, 5) is 44.9. The molecule has 0 bridgehead atoms. The van der Waals surface area contributed by atoms with Crippen LogP contribution in [-0.4, -0.2) is 71.0 Å². The van der Waals surface area contributed by atoms with E-state index in [1.807, 2.05) is 12.1 Å². The van der Waals surface area contributed by atoms with Crippen molar-refractivity contribution in [3.63, 3.8) is 0 Å². The van der Waals surface area contributed by atoms with E-state index in [1.165, 1.54) is 11.0 Å². The van der Waals surface area contributed by atoms with Crippen LogP contribution < -0.4 is 10.1 Å². The van der Waals surface area contributed by atoms with Crippen molar-refractivity contribution in [3.05, 3.63) is 70.4 Å². The van der Waals surface area contributed by atoms with E-state index in [0.29, 0.717) is 73.6 Å². The molecular weight excluding hydrogens is 589 g/mol. The lowest BCUT2D eigenvalue weighted by Gasteiger charge is -2.29. The number of ether oxygens (including phenoxy) is 2. The van der Waals surface area contributed by atoms with Crippen molar-refractivity contribution in [2.75, 3.05) is 26.3 Å². The second-order valence-corrected chi connectivity index (χ2v) is 12.3. The van der Waals surface area contributed by atoms with Crippen molar-refractivity contribution in [2.45, 2.75) is 69.4 Å². The summed E-state index contributed by atoms with van der Waals surface area (Å²) < 4.78 is 54.3. The highest BCUT2D eigenvalue weighted by Crippen LogP contribution is 2.37. The number of carbonyl (C=O) groups is 3. The maximum Gasteiger partial charge on any atom is 0.418 e. The normalized spacial score (nSPS) is 23.1. The average Bonchev–Trinajstić information content (AvgIpc) is 3.59. The maximum atomic E-state index is 14.2. The predicted octanol–water partition coefficient (Wildman–Crippen LogP) is 4.56. The zero-order chi connectivity index (χ0) is 31.3. The van der Waals surface area contributed by atoms with Gasteiger partial charge in [0.25, 0.3) is 5.91 Å². The number of hydrogen-bond acceptors (Lipinski definition) is 7. The van der Waals surface area contributed by atoms with Crippen LogP contribution in [0, 0.1) is 0 Å². The number of alkyl halides is 3. The zero-order valence-electron chi connectivity index (χ0n) is 24.6. The van der Waals surface area contributed by atoms with Gasteiger partial charge in [-0.1, -0.05) is 6.07 Å². The van der Waals surface area contributed by atoms with E-state index in [0.717, 1.165) is 18.4 Å². The summed E-state index contributed by atoms with van der Waals surface area (Å²) in [6.07, 6.45) is -2.02. The molecule has 4 aliphatic heterocycles. The zero-order valence-corrected chi connectivity index (χ0v) is 24.6. The highest BCUT2D eigenvalue weighted by Gasteiger charge is 2.39. The molecule has 236 valence electrons. The number of likely N-dealkylation sites (tertiary alicyclic amines) is 1. The Kier molecular flexibility index (Phi) is 7.73. The number of nitrogens with one attached hydrogen (secondary N) is 1. The second kappa shape index (κ2) is 11.7. The van der Waals surface area contributed by atoms with Gasteiger partial charge in [0, 0.05) is 68.4 Å². The van der Waals surface area contributed by atoms with Crippen molar-refractivity contribution in [2.24, 2.45) is 0 Å². The van der Waals surface area contributed by atoms with Crippen LogP contribution in [0.3, 0.4) is 0 Å². The van der Waals surface area contributed by atoms with Crippen molar-refractivity contribution in [3.8, 4) is 5.75 Å². The number of imide groups is 1. The van der Waals surface area contributed by atoms with Crippen LogP contribution in [0.2, 0.25) is 0 Å². The van der Waals surface area contributed by atoms with Gasteiger partial charge in [-0.3, -0.25) is 29.6 Å². The SMILES string of the molecule is O=C1CC[C@H](N2Cc3cc(O[C@H]4CCN(Cc5cc(C(F)(F)F)c6nc(C7CCOCC7)ccc6c5)C4)ccc3C2=O)C(=O)N1. The van der Waals surface area contributed by atoms with Crippen molar-refractivity contribution in [1.29, 1.82) is 0 Å². The lowest BCUT2D eigenvalue weighted by atomic mass is 9.94. The Morgan fingerprint density at radius 1 is 1.00 bits per heavy atom. The van der Waals surface area contributed by atoms with Crippen LogP contribution in [0.1, 0.15) is 70.8 Å². The molecule has 3 saturated heterocycles. The van der Waals surface area contributed by atoms with Gasteiger partial charge < -0.3 is 14.4 Å². The molecule has 3 amide bonds. The maximum absolute atomic E-state index is 14.2. The topological polar surface area (TPSA) is 101 Å². The third-order valence-electron chi connectivity index (χ3n) is 9.25. The fourth-order valence-corrected chi connectivity index (χ4v) is 6.95. The molecule has 3 aromatic rings. The Labute approximate surface area is 257 Å². The van der Waals surface area contributed by atoms with E-state index in [1.54, 1.807) is 24.3 Å². The molecule has 0 aliphatic carbocycles. The van der Waals surface area contributed by atoms with Crippen molar-refractivity contribution >= 4 is 28.6 Å². The van der Waals surface area contributed by atoms with Gasteiger partial charge in [-0.05, 0) is 73.2 Å². The molecular formula is C33H33F3N4O5. The van der Waals surface area contributed by atoms with Gasteiger partial charge in [0.15, 0.2) is 0 Å². The first-order chi connectivity index (χ1) is 21.6. The number of rotatable bonds is 6. The average molecular weight is 623 g/mol. The summed E-state index contributed by atoms with van der Waals surface area (Å²) in [7, 11) is 0. The molecule has 0 radical (unpaired) electrons. The van der Waals surface area contributed by atoms with Gasteiger partial charge in [0.2, 0.25) is 11.8 Å². The quantitative estimate of drug-likeness (QED) is 0.403. The number of pyridine rings is 1. The summed E-state index contributed by atoms with van der Waals surface area (Å²) in [6, 6.07) is 11.2. The highest BCUT2D eigenvalue weighted by molar-refractivity contribution is 6.05. The first-order valence-corrected chi connectivity index (χ1v) is 15.4. The number of aromatic nitrogens is 1. The van der Waals surface area contributed by atoms with E-state index in [9.17, 15) is 27.6 Å². The van der Waals surface area contributed by atoms with Gasteiger partial charge in [-0.15, -0.1) is 0 Å². The Balaban J connectivity index is 1.02. The largest absolute Gasteiger partial charge is 0.489 e. The smallest absolute Gasteiger partial charge is 0.418 e. The number of carbonyl (C=O) groups excluding carboxylic acids is 3. The summed E-state index contributed by atoms with van der Waals surface area (Å²) in [5.41, 5.74) is 1.79. The lowest BCUT2D eigenvalue weighted by Crippen LogP contribution is -2.52. The standard InChI is InChI=1S/C33H33F3N4O5/c34-33(35,36)26-14-19(13-21-1-4-27(37-30(21)26)20-8-11-44-12-9-20)16-39-10-7-24(18-39)45-23-2-3-25-22(15-23)17-40(32(25)43)28-5-6-29(41)38-31(28)42/h1-4,13-15,20,24,28H,5-12,16-18H2,(H,38,41,42)/t24-,28-/m0/s1. The van der Waals surface area contributed by atoms with Gasteiger partial charge >= 0.3 is 6.18 Å². The second-order valence-electron chi connectivity index (χ2n) is 12.3. The molecule has 45 heavy (non-hydrogen) atoms. The third kappa shape index (κ3) is 6.00. The number of hydrogen-bond donors (Lipinski definition) is 1. The molecule has 9 nitrogen and oxygen atoms in total. The van der Waals surface area contributed by atoms with Crippen LogP contribution in [0.15, 0.2) is 42.5 Å².